The molecule has 4 amide bonds. The summed E-state index contributed by atoms with van der Waals surface area (Å²) in [5, 5.41) is 2.81. The molecule has 6 heteroatoms. The number of nitrogens with one attached hydrogen (secondary N) is 1. The second-order valence-corrected chi connectivity index (χ2v) is 6.70. The minimum absolute atomic E-state index is 0.111. The van der Waals surface area contributed by atoms with Gasteiger partial charge in [-0.05, 0) is 31.6 Å². The monoisotopic (exact) mass is 293 g/mol. The molecule has 0 aromatic heterocycles. The number of likely N-dealkylation sites (tertiary alicyclic amines) is 1. The number of carbonyl (C=O) groups excluding carboxylic acids is 3. The van der Waals surface area contributed by atoms with Crippen LogP contribution in [0, 0.1) is 5.92 Å². The summed E-state index contributed by atoms with van der Waals surface area (Å²) in [6.45, 7) is 3.48. The lowest BCUT2D eigenvalue weighted by Gasteiger charge is -2.31. The Balaban J connectivity index is 1.65. The number of hydrogen-bond acceptors (Lipinski definition) is 3. The molecule has 1 saturated carbocycles. The van der Waals surface area contributed by atoms with Crippen LogP contribution in [0.25, 0.3) is 0 Å². The van der Waals surface area contributed by atoms with Crippen LogP contribution in [0.3, 0.4) is 0 Å². The van der Waals surface area contributed by atoms with E-state index in [4.69, 9.17) is 0 Å². The molecule has 0 bridgehead atoms. The van der Waals surface area contributed by atoms with Crippen molar-refractivity contribution in [3.8, 4) is 0 Å². The Morgan fingerprint density at radius 1 is 1.29 bits per heavy atom. The van der Waals surface area contributed by atoms with Gasteiger partial charge >= 0.3 is 6.03 Å². The van der Waals surface area contributed by atoms with Crippen LogP contribution in [-0.4, -0.2) is 52.8 Å². The summed E-state index contributed by atoms with van der Waals surface area (Å²) >= 11 is 0. The highest BCUT2D eigenvalue weighted by Crippen LogP contribution is 2.35. The van der Waals surface area contributed by atoms with E-state index >= 15 is 0 Å². The van der Waals surface area contributed by atoms with Crippen molar-refractivity contribution in [3.63, 3.8) is 0 Å². The Kier molecular flexibility index (Phi) is 3.63. The van der Waals surface area contributed by atoms with Crippen LogP contribution in [-0.2, 0) is 9.59 Å². The maximum atomic E-state index is 12.5. The lowest BCUT2D eigenvalue weighted by molar-refractivity contribution is -0.139. The van der Waals surface area contributed by atoms with Gasteiger partial charge in [-0.25, -0.2) is 4.79 Å². The zero-order valence-corrected chi connectivity index (χ0v) is 12.6. The third-order valence-corrected chi connectivity index (χ3v) is 5.01. The van der Waals surface area contributed by atoms with Gasteiger partial charge in [0.05, 0.1) is 0 Å². The number of nitrogens with zero attached hydrogens (tertiary/aromatic N) is 2. The van der Waals surface area contributed by atoms with Crippen LogP contribution >= 0.6 is 0 Å². The van der Waals surface area contributed by atoms with Crippen molar-refractivity contribution >= 4 is 17.8 Å². The summed E-state index contributed by atoms with van der Waals surface area (Å²) in [7, 11) is 0. The smallest absolute Gasteiger partial charge is 0.325 e. The Hall–Kier alpha value is -1.59. The number of amides is 4. The van der Waals surface area contributed by atoms with Gasteiger partial charge in [0, 0.05) is 13.1 Å². The molecule has 0 radical (unpaired) electrons. The van der Waals surface area contributed by atoms with Gasteiger partial charge in [0.1, 0.15) is 12.1 Å². The summed E-state index contributed by atoms with van der Waals surface area (Å²) in [5.41, 5.74) is -0.716. The first-order valence-electron chi connectivity index (χ1n) is 7.94. The van der Waals surface area contributed by atoms with Gasteiger partial charge in [-0.15, -0.1) is 0 Å². The van der Waals surface area contributed by atoms with Crippen molar-refractivity contribution in [1.82, 2.24) is 15.1 Å². The maximum Gasteiger partial charge on any atom is 0.325 e. The van der Waals surface area contributed by atoms with Gasteiger partial charge in [0.25, 0.3) is 5.91 Å². The first kappa shape index (κ1) is 14.4. The number of urea groups is 1. The van der Waals surface area contributed by atoms with Crippen LogP contribution < -0.4 is 5.32 Å². The van der Waals surface area contributed by atoms with E-state index < -0.39 is 11.6 Å². The summed E-state index contributed by atoms with van der Waals surface area (Å²) in [4.78, 5) is 39.8. The molecular weight excluding hydrogens is 270 g/mol. The highest BCUT2D eigenvalue weighted by atomic mass is 16.2. The van der Waals surface area contributed by atoms with E-state index in [-0.39, 0.29) is 18.4 Å². The average molecular weight is 293 g/mol. The van der Waals surface area contributed by atoms with Crippen LogP contribution in [0.2, 0.25) is 0 Å². The topological polar surface area (TPSA) is 69.7 Å². The van der Waals surface area contributed by atoms with E-state index in [1.165, 1.54) is 0 Å². The fourth-order valence-corrected chi connectivity index (χ4v) is 3.79. The molecule has 1 atom stereocenters. The highest BCUT2D eigenvalue weighted by molar-refractivity contribution is 6.09. The number of imide groups is 1. The Labute approximate surface area is 124 Å². The Bertz CT molecular complexity index is 471. The lowest BCUT2D eigenvalue weighted by Crippen LogP contribution is -2.47. The molecule has 2 aliphatic heterocycles. The van der Waals surface area contributed by atoms with Crippen molar-refractivity contribution in [2.75, 3.05) is 19.6 Å². The molecule has 1 aliphatic carbocycles. The molecule has 0 aromatic carbocycles. The summed E-state index contributed by atoms with van der Waals surface area (Å²) < 4.78 is 0. The van der Waals surface area contributed by atoms with Crippen molar-refractivity contribution in [1.29, 1.82) is 0 Å². The molecule has 3 aliphatic rings. The van der Waals surface area contributed by atoms with Gasteiger partial charge in [0.15, 0.2) is 0 Å². The predicted molar refractivity (Wildman–Crippen MR) is 76.4 cm³/mol. The zero-order valence-electron chi connectivity index (χ0n) is 12.6. The molecule has 116 valence electrons. The number of piperidine rings is 1. The zero-order chi connectivity index (χ0) is 15.0. The summed E-state index contributed by atoms with van der Waals surface area (Å²) in [6.07, 6.45) is 5.44. The maximum absolute atomic E-state index is 12.5. The highest BCUT2D eigenvalue weighted by Gasteiger charge is 2.52. The first-order chi connectivity index (χ1) is 10.0. The van der Waals surface area contributed by atoms with E-state index in [1.54, 1.807) is 4.90 Å². The van der Waals surface area contributed by atoms with Crippen molar-refractivity contribution in [2.45, 2.75) is 51.0 Å². The molecule has 21 heavy (non-hydrogen) atoms. The molecule has 6 nitrogen and oxygen atoms in total. The van der Waals surface area contributed by atoms with Crippen molar-refractivity contribution in [3.05, 3.63) is 0 Å². The third-order valence-electron chi connectivity index (χ3n) is 5.01. The molecule has 3 fully saturated rings. The van der Waals surface area contributed by atoms with E-state index in [2.05, 4.69) is 12.2 Å². The quantitative estimate of drug-likeness (QED) is 0.775. The second-order valence-electron chi connectivity index (χ2n) is 6.70. The molecule has 3 rings (SSSR count). The van der Waals surface area contributed by atoms with E-state index in [9.17, 15) is 14.4 Å². The van der Waals surface area contributed by atoms with Gasteiger partial charge < -0.3 is 10.2 Å². The summed E-state index contributed by atoms with van der Waals surface area (Å²) in [6, 6.07) is -0.402. The third kappa shape index (κ3) is 2.51. The molecule has 0 unspecified atom stereocenters. The van der Waals surface area contributed by atoms with Crippen LogP contribution in [0.4, 0.5) is 4.79 Å². The predicted octanol–water partition coefficient (Wildman–Crippen LogP) is 1.11. The van der Waals surface area contributed by atoms with Gasteiger partial charge in [-0.2, -0.15) is 0 Å². The van der Waals surface area contributed by atoms with Gasteiger partial charge in [-0.3, -0.25) is 14.5 Å². The van der Waals surface area contributed by atoms with Crippen molar-refractivity contribution < 1.29 is 14.4 Å². The number of hydrogen-bond donors (Lipinski definition) is 1. The fraction of sp³-hybridized carbons (Fsp3) is 0.800. The Morgan fingerprint density at radius 2 is 2.00 bits per heavy atom. The Morgan fingerprint density at radius 3 is 2.67 bits per heavy atom. The first-order valence-corrected chi connectivity index (χ1v) is 7.94. The number of rotatable bonds is 2. The summed E-state index contributed by atoms with van der Waals surface area (Å²) in [5.74, 6) is 0.176. The molecule has 2 saturated heterocycles. The minimum Gasteiger partial charge on any atom is -0.341 e. The molecule has 0 aromatic rings. The minimum atomic E-state index is -0.716. The van der Waals surface area contributed by atoms with Crippen molar-refractivity contribution in [2.24, 2.45) is 5.92 Å². The van der Waals surface area contributed by atoms with Gasteiger partial charge in [-0.1, -0.05) is 19.8 Å². The normalized spacial score (nSPS) is 28.3. The van der Waals surface area contributed by atoms with Crippen LogP contribution in [0.15, 0.2) is 0 Å². The van der Waals surface area contributed by atoms with E-state index in [0.717, 1.165) is 43.7 Å². The van der Waals surface area contributed by atoms with E-state index in [1.807, 2.05) is 0 Å². The van der Waals surface area contributed by atoms with Crippen LogP contribution in [0.5, 0.6) is 0 Å². The average Bonchev–Trinajstić information content (AvgIpc) is 3.00. The fourth-order valence-electron chi connectivity index (χ4n) is 3.79. The molecular formula is C15H23N3O3. The van der Waals surface area contributed by atoms with Gasteiger partial charge in [0.2, 0.25) is 5.91 Å². The largest absolute Gasteiger partial charge is 0.341 e. The molecule has 2 heterocycles. The second kappa shape index (κ2) is 5.31. The SMILES string of the molecule is C[C@@H]1CCCN(C(=O)CN2C(=O)NC3(CCCC3)C2=O)C1. The van der Waals surface area contributed by atoms with E-state index in [0.29, 0.717) is 18.8 Å². The number of carbonyl (C=O) groups is 3. The lowest BCUT2D eigenvalue weighted by atomic mass is 9.98. The molecule has 1 N–H and O–H groups in total. The standard InChI is InChI=1S/C15H23N3O3/c1-11-5-4-8-17(9-11)12(19)10-18-13(20)15(16-14(18)21)6-2-3-7-15/h11H,2-10H2,1H3,(H,16,21)/t11-/m1/s1. The molecule has 1 spiro atoms. The van der Waals surface area contributed by atoms with Crippen LogP contribution in [0.1, 0.15) is 45.4 Å².